The van der Waals surface area contributed by atoms with Crippen molar-refractivity contribution in [3.63, 3.8) is 0 Å². The van der Waals surface area contributed by atoms with E-state index < -0.39 is 5.97 Å². The third-order valence-corrected chi connectivity index (χ3v) is 8.56. The van der Waals surface area contributed by atoms with Gasteiger partial charge >= 0.3 is 5.97 Å². The monoisotopic (exact) mass is 436 g/mol. The largest absolute Gasteiger partial charge is 0.481 e. The van der Waals surface area contributed by atoms with Gasteiger partial charge in [0.2, 0.25) is 0 Å². The summed E-state index contributed by atoms with van der Waals surface area (Å²) in [7, 11) is 0. The zero-order valence-corrected chi connectivity index (χ0v) is 19.6. The summed E-state index contributed by atoms with van der Waals surface area (Å²) in [6.45, 7) is 0. The molecule has 0 radical (unpaired) electrons. The molecule has 5 rings (SSSR count). The zero-order valence-electron chi connectivity index (χ0n) is 19.6. The number of para-hydroxylation sites is 1. The third kappa shape index (κ3) is 4.62. The highest BCUT2D eigenvalue weighted by atomic mass is 16.4. The zero-order chi connectivity index (χ0) is 21.9. The molecule has 0 unspecified atom stereocenters. The summed E-state index contributed by atoms with van der Waals surface area (Å²) in [5, 5.41) is 10.5. The molecule has 1 aliphatic carbocycles. The Hall–Kier alpha value is -1.81. The first-order valence-electron chi connectivity index (χ1n) is 13.3. The Labute approximate surface area is 193 Å². The summed E-state index contributed by atoms with van der Waals surface area (Å²) in [6, 6.07) is 11.1. The number of nitrogens with zero attached hydrogens (tertiary/aromatic N) is 2. The van der Waals surface area contributed by atoms with E-state index in [1.165, 1.54) is 95.4 Å². The van der Waals surface area contributed by atoms with Gasteiger partial charge in [-0.1, -0.05) is 69.6 Å². The molecule has 4 nitrogen and oxygen atoms in total. The van der Waals surface area contributed by atoms with E-state index in [-0.39, 0.29) is 6.42 Å². The number of aliphatic carboxylic acids is 1. The molecule has 0 spiro atoms. The van der Waals surface area contributed by atoms with Crippen molar-refractivity contribution in [1.82, 2.24) is 9.47 Å². The summed E-state index contributed by atoms with van der Waals surface area (Å²) < 4.78 is 2.45. The van der Waals surface area contributed by atoms with E-state index in [4.69, 9.17) is 0 Å². The van der Waals surface area contributed by atoms with Crippen molar-refractivity contribution in [2.45, 2.75) is 120 Å². The fourth-order valence-electron chi connectivity index (χ4n) is 7.18. The normalized spacial score (nSPS) is 28.6. The molecule has 4 heteroatoms. The van der Waals surface area contributed by atoms with E-state index in [2.05, 4.69) is 33.9 Å². The Morgan fingerprint density at radius 2 is 1.38 bits per heavy atom. The minimum Gasteiger partial charge on any atom is -0.481 e. The third-order valence-electron chi connectivity index (χ3n) is 8.56. The molecule has 0 amide bonds. The lowest BCUT2D eigenvalue weighted by Crippen LogP contribution is -2.56. The number of carboxylic acids is 1. The molecule has 3 atom stereocenters. The number of piperidine rings is 2. The van der Waals surface area contributed by atoms with Crippen LogP contribution in [0.3, 0.4) is 0 Å². The maximum absolute atomic E-state index is 11.5. The highest BCUT2D eigenvalue weighted by Gasteiger charge is 2.42. The smallest absolute Gasteiger partial charge is 0.307 e. The fraction of sp³-hybridized carbons (Fsp3) is 0.679. The number of carbonyl (C=O) groups is 1. The molecule has 3 fully saturated rings. The highest BCUT2D eigenvalue weighted by molar-refractivity contribution is 5.87. The van der Waals surface area contributed by atoms with Crippen LogP contribution in [0, 0.1) is 0 Å². The molecule has 2 aliphatic heterocycles. The van der Waals surface area contributed by atoms with Crippen LogP contribution in [-0.4, -0.2) is 38.7 Å². The summed E-state index contributed by atoms with van der Waals surface area (Å²) in [6.07, 6.45) is 21.5. The van der Waals surface area contributed by atoms with Gasteiger partial charge in [-0.2, -0.15) is 0 Å². The molecule has 3 heterocycles. The van der Waals surface area contributed by atoms with Crippen LogP contribution in [0.5, 0.6) is 0 Å². The van der Waals surface area contributed by atoms with Crippen LogP contribution in [-0.2, 0) is 11.2 Å². The molecule has 1 aromatic carbocycles. The van der Waals surface area contributed by atoms with E-state index in [0.717, 1.165) is 17.0 Å². The van der Waals surface area contributed by atoms with E-state index in [9.17, 15) is 9.90 Å². The number of aromatic nitrogens is 1. The SMILES string of the molecule is O=C(O)Cc1cn([C@H]2C[C@H]3CCC[C@@H](C2)N3C2CCCCCCCCC2)c2ccccc12. The maximum atomic E-state index is 11.5. The molecule has 1 N–H and O–H groups in total. The average molecular weight is 437 g/mol. The van der Waals surface area contributed by atoms with Crippen molar-refractivity contribution >= 4 is 16.9 Å². The van der Waals surface area contributed by atoms with Crippen molar-refractivity contribution in [3.8, 4) is 0 Å². The second-order valence-corrected chi connectivity index (χ2v) is 10.7. The van der Waals surface area contributed by atoms with Crippen molar-refractivity contribution in [1.29, 1.82) is 0 Å². The summed E-state index contributed by atoms with van der Waals surface area (Å²) in [4.78, 5) is 14.4. The first-order valence-corrected chi connectivity index (χ1v) is 13.3. The van der Waals surface area contributed by atoms with Gasteiger partial charge in [-0.25, -0.2) is 0 Å². The van der Waals surface area contributed by atoms with E-state index in [0.29, 0.717) is 18.1 Å². The first kappa shape index (κ1) is 22.0. The second-order valence-electron chi connectivity index (χ2n) is 10.7. The van der Waals surface area contributed by atoms with Gasteiger partial charge in [-0.3, -0.25) is 9.69 Å². The highest BCUT2D eigenvalue weighted by Crippen LogP contribution is 2.43. The van der Waals surface area contributed by atoms with Crippen molar-refractivity contribution < 1.29 is 9.90 Å². The van der Waals surface area contributed by atoms with Gasteiger partial charge in [0.1, 0.15) is 0 Å². The van der Waals surface area contributed by atoms with Crippen LogP contribution in [0.1, 0.15) is 101 Å². The Kier molecular flexibility index (Phi) is 6.87. The quantitative estimate of drug-likeness (QED) is 0.579. The van der Waals surface area contributed by atoms with Gasteiger partial charge in [0.15, 0.2) is 0 Å². The molecule has 32 heavy (non-hydrogen) atoms. The van der Waals surface area contributed by atoms with Crippen molar-refractivity contribution in [2.24, 2.45) is 0 Å². The average Bonchev–Trinajstić information content (AvgIpc) is 3.14. The van der Waals surface area contributed by atoms with Crippen LogP contribution in [0.4, 0.5) is 0 Å². The minimum absolute atomic E-state index is 0.112. The molecular weight excluding hydrogens is 396 g/mol. The van der Waals surface area contributed by atoms with Crippen LogP contribution >= 0.6 is 0 Å². The van der Waals surface area contributed by atoms with Gasteiger partial charge < -0.3 is 9.67 Å². The lowest BCUT2D eigenvalue weighted by atomic mass is 9.79. The maximum Gasteiger partial charge on any atom is 0.307 e. The van der Waals surface area contributed by atoms with E-state index in [1.54, 1.807) is 0 Å². The Morgan fingerprint density at radius 3 is 2.03 bits per heavy atom. The van der Waals surface area contributed by atoms with Gasteiger partial charge in [0.25, 0.3) is 0 Å². The van der Waals surface area contributed by atoms with Gasteiger partial charge in [0.05, 0.1) is 6.42 Å². The number of benzene rings is 1. The molecule has 174 valence electrons. The Morgan fingerprint density at radius 1 is 0.781 bits per heavy atom. The first-order chi connectivity index (χ1) is 15.7. The van der Waals surface area contributed by atoms with Gasteiger partial charge in [0, 0.05) is 41.3 Å². The van der Waals surface area contributed by atoms with Crippen molar-refractivity contribution in [3.05, 3.63) is 36.0 Å². The number of hydrogen-bond acceptors (Lipinski definition) is 2. The second kappa shape index (κ2) is 9.99. The van der Waals surface area contributed by atoms with Crippen LogP contribution in [0.15, 0.2) is 30.5 Å². The molecular formula is C28H40N2O2. The summed E-state index contributed by atoms with van der Waals surface area (Å²) in [5.74, 6) is -0.740. The number of fused-ring (bicyclic) bond motifs is 3. The number of rotatable bonds is 4. The minimum atomic E-state index is -0.740. The van der Waals surface area contributed by atoms with E-state index in [1.807, 2.05) is 6.07 Å². The molecule has 2 bridgehead atoms. The molecule has 2 saturated heterocycles. The molecule has 3 aliphatic rings. The van der Waals surface area contributed by atoms with Crippen LogP contribution in [0.25, 0.3) is 10.9 Å². The molecule has 2 aromatic rings. The van der Waals surface area contributed by atoms with Crippen LogP contribution < -0.4 is 0 Å². The van der Waals surface area contributed by atoms with E-state index >= 15 is 0 Å². The van der Waals surface area contributed by atoms with Gasteiger partial charge in [-0.05, 0) is 50.2 Å². The number of carboxylic acid groups (broad SMARTS) is 1. The predicted octanol–water partition coefficient (Wildman–Crippen LogP) is 6.72. The van der Waals surface area contributed by atoms with Gasteiger partial charge in [-0.15, -0.1) is 0 Å². The lowest BCUT2D eigenvalue weighted by molar-refractivity contribution is -0.136. The Bertz CT molecular complexity index is 895. The standard InChI is InChI=1S/C28H40N2O2/c31-28(32)17-21-20-29(27-16-9-8-15-26(21)27)25-18-23-13-10-14-24(19-25)30(23)22-11-6-4-2-1-3-5-7-12-22/h8-9,15-16,20,22-25H,1-7,10-14,17-19H2,(H,31,32)/t23-,24+,25+. The Balaban J connectivity index is 1.38. The summed E-state index contributed by atoms with van der Waals surface area (Å²) >= 11 is 0. The van der Waals surface area contributed by atoms with Crippen molar-refractivity contribution in [2.75, 3.05) is 0 Å². The topological polar surface area (TPSA) is 45.5 Å². The summed E-state index contributed by atoms with van der Waals surface area (Å²) in [5.41, 5.74) is 2.19. The fourth-order valence-corrected chi connectivity index (χ4v) is 7.18. The predicted molar refractivity (Wildman–Crippen MR) is 130 cm³/mol. The molecule has 1 aromatic heterocycles. The number of hydrogen-bond donors (Lipinski definition) is 1. The van der Waals surface area contributed by atoms with Crippen LogP contribution in [0.2, 0.25) is 0 Å². The lowest BCUT2D eigenvalue weighted by Gasteiger charge is -2.53. The molecule has 1 saturated carbocycles.